The van der Waals surface area contributed by atoms with Crippen molar-refractivity contribution in [2.45, 2.75) is 13.0 Å². The Morgan fingerprint density at radius 2 is 2.19 bits per heavy atom. The van der Waals surface area contributed by atoms with Crippen molar-refractivity contribution in [2.75, 3.05) is 33.5 Å². The van der Waals surface area contributed by atoms with Gasteiger partial charge in [0.25, 0.3) is 0 Å². The molecular weight excluding hydrogens is 374 g/mol. The Kier molecular flexibility index (Phi) is 8.06. The Balaban J connectivity index is 2.34. The third-order valence-electron chi connectivity index (χ3n) is 3.76. The van der Waals surface area contributed by atoms with Gasteiger partial charge >= 0.3 is 12.0 Å². The molecule has 144 valence electrons. The SMILES string of the molecule is CCOC(=O)C1C(COCCN=[N+]=[N-])=NC(OC)=NC1c1ccccc1Cl. The van der Waals surface area contributed by atoms with Crippen LogP contribution >= 0.6 is 11.6 Å². The minimum atomic E-state index is -0.803. The van der Waals surface area contributed by atoms with Gasteiger partial charge in [-0.15, -0.1) is 0 Å². The molecule has 0 aliphatic carbocycles. The Labute approximate surface area is 161 Å². The Bertz CT molecular complexity index is 776. The predicted molar refractivity (Wildman–Crippen MR) is 101 cm³/mol. The largest absolute Gasteiger partial charge is 0.467 e. The Hall–Kier alpha value is -2.61. The van der Waals surface area contributed by atoms with Gasteiger partial charge in [0, 0.05) is 16.5 Å². The highest BCUT2D eigenvalue weighted by molar-refractivity contribution is 6.31. The number of rotatable bonds is 8. The minimum Gasteiger partial charge on any atom is -0.467 e. The van der Waals surface area contributed by atoms with Gasteiger partial charge in [-0.3, -0.25) is 4.79 Å². The van der Waals surface area contributed by atoms with Crippen molar-refractivity contribution >= 4 is 29.3 Å². The summed E-state index contributed by atoms with van der Waals surface area (Å²) in [6, 6.07) is 6.59. The van der Waals surface area contributed by atoms with Crippen LogP contribution in [0.3, 0.4) is 0 Å². The second-order valence-corrected chi connectivity index (χ2v) is 5.83. The number of hydrogen-bond acceptors (Lipinski definition) is 7. The molecule has 10 heteroatoms. The maximum atomic E-state index is 12.7. The van der Waals surface area contributed by atoms with Crippen molar-refractivity contribution in [1.82, 2.24) is 0 Å². The van der Waals surface area contributed by atoms with E-state index in [1.165, 1.54) is 7.11 Å². The van der Waals surface area contributed by atoms with Gasteiger partial charge in [-0.1, -0.05) is 34.9 Å². The molecule has 0 N–H and O–H groups in total. The summed E-state index contributed by atoms with van der Waals surface area (Å²) in [5, 5.41) is 3.88. The van der Waals surface area contributed by atoms with Gasteiger partial charge in [-0.2, -0.15) is 0 Å². The number of ether oxygens (including phenoxy) is 3. The molecule has 0 saturated heterocycles. The fourth-order valence-corrected chi connectivity index (χ4v) is 2.85. The molecule has 2 rings (SSSR count). The lowest BCUT2D eigenvalue weighted by Gasteiger charge is -2.28. The van der Waals surface area contributed by atoms with Gasteiger partial charge in [0.05, 0.1) is 32.6 Å². The van der Waals surface area contributed by atoms with E-state index in [1.807, 2.05) is 6.07 Å². The van der Waals surface area contributed by atoms with Crippen molar-refractivity contribution < 1.29 is 19.0 Å². The molecule has 9 nitrogen and oxygen atoms in total. The number of nitrogens with zero attached hydrogens (tertiary/aromatic N) is 5. The van der Waals surface area contributed by atoms with Crippen LogP contribution in [0.1, 0.15) is 18.5 Å². The number of amidine groups is 1. The van der Waals surface area contributed by atoms with Crippen LogP contribution in [0.15, 0.2) is 39.4 Å². The average Bonchev–Trinajstić information content (AvgIpc) is 2.67. The van der Waals surface area contributed by atoms with Gasteiger partial charge in [0.15, 0.2) is 0 Å². The summed E-state index contributed by atoms with van der Waals surface area (Å²) in [5.41, 5.74) is 9.38. The molecule has 0 radical (unpaired) electrons. The zero-order chi connectivity index (χ0) is 19.6. The van der Waals surface area contributed by atoms with Gasteiger partial charge in [0.2, 0.25) is 0 Å². The van der Waals surface area contributed by atoms with E-state index in [4.69, 9.17) is 31.3 Å². The third-order valence-corrected chi connectivity index (χ3v) is 4.10. The maximum absolute atomic E-state index is 12.7. The molecule has 1 aromatic rings. The number of carbonyl (C=O) groups is 1. The first-order chi connectivity index (χ1) is 13.1. The molecule has 1 heterocycles. The van der Waals surface area contributed by atoms with Crippen LogP contribution in [0.2, 0.25) is 5.02 Å². The van der Waals surface area contributed by atoms with Crippen LogP contribution in [0.5, 0.6) is 0 Å². The second-order valence-electron chi connectivity index (χ2n) is 5.42. The second kappa shape index (κ2) is 10.5. The molecule has 0 aromatic heterocycles. The smallest absolute Gasteiger partial charge is 0.317 e. The number of azide groups is 1. The monoisotopic (exact) mass is 393 g/mol. The number of benzene rings is 1. The number of aliphatic imine (C=N–C) groups is 2. The zero-order valence-electron chi connectivity index (χ0n) is 15.0. The van der Waals surface area contributed by atoms with Gasteiger partial charge in [-0.25, -0.2) is 9.98 Å². The van der Waals surface area contributed by atoms with E-state index < -0.39 is 17.9 Å². The number of methoxy groups -OCH3 is 1. The summed E-state index contributed by atoms with van der Waals surface area (Å²) >= 11 is 6.33. The molecule has 0 bridgehead atoms. The molecule has 0 fully saturated rings. The molecular formula is C17H20ClN5O4. The molecule has 0 amide bonds. The van der Waals surface area contributed by atoms with Gasteiger partial charge < -0.3 is 14.2 Å². The number of esters is 1. The van der Waals surface area contributed by atoms with Crippen molar-refractivity contribution in [3.05, 3.63) is 45.3 Å². The lowest BCUT2D eigenvalue weighted by Crippen LogP contribution is -2.37. The fraction of sp³-hybridized carbons (Fsp3) is 0.471. The van der Waals surface area contributed by atoms with Crippen LogP contribution in [0.4, 0.5) is 0 Å². The van der Waals surface area contributed by atoms with E-state index in [2.05, 4.69) is 20.0 Å². The predicted octanol–water partition coefficient (Wildman–Crippen LogP) is 3.34. The number of hydrogen-bond donors (Lipinski definition) is 0. The van der Waals surface area contributed by atoms with Crippen molar-refractivity contribution in [2.24, 2.45) is 21.0 Å². The molecule has 2 unspecified atom stereocenters. The lowest BCUT2D eigenvalue weighted by molar-refractivity contribution is -0.146. The van der Waals surface area contributed by atoms with E-state index in [-0.39, 0.29) is 32.4 Å². The van der Waals surface area contributed by atoms with Gasteiger partial charge in [-0.05, 0) is 24.1 Å². The first-order valence-corrected chi connectivity index (χ1v) is 8.69. The van der Waals surface area contributed by atoms with Gasteiger partial charge in [0.1, 0.15) is 12.0 Å². The first kappa shape index (κ1) is 20.7. The summed E-state index contributed by atoms with van der Waals surface area (Å²) in [6.07, 6.45) is 0. The summed E-state index contributed by atoms with van der Waals surface area (Å²) in [6.45, 7) is 2.34. The average molecular weight is 394 g/mol. The van der Waals surface area contributed by atoms with Crippen LogP contribution in [-0.4, -0.2) is 51.2 Å². The topological polar surface area (TPSA) is 118 Å². The molecule has 0 spiro atoms. The van der Waals surface area contributed by atoms with Crippen molar-refractivity contribution in [3.63, 3.8) is 0 Å². The summed E-state index contributed by atoms with van der Waals surface area (Å²) in [7, 11) is 1.44. The van der Waals surface area contributed by atoms with Crippen molar-refractivity contribution in [3.8, 4) is 0 Å². The highest BCUT2D eigenvalue weighted by Crippen LogP contribution is 2.35. The fourth-order valence-electron chi connectivity index (χ4n) is 2.61. The van der Waals surface area contributed by atoms with Crippen molar-refractivity contribution in [1.29, 1.82) is 0 Å². The molecule has 2 atom stereocenters. The van der Waals surface area contributed by atoms with E-state index in [0.29, 0.717) is 16.3 Å². The summed E-state index contributed by atoms with van der Waals surface area (Å²) < 4.78 is 15.9. The standard InChI is InChI=1S/C17H20ClN5O4/c1-3-27-16(24)14-13(10-26-9-8-20-23-19)21-17(25-2)22-15(14)11-6-4-5-7-12(11)18/h4-7,14-15H,3,8-10H2,1-2H3. The Morgan fingerprint density at radius 3 is 2.85 bits per heavy atom. The summed E-state index contributed by atoms with van der Waals surface area (Å²) in [5.74, 6) is -1.28. The van der Waals surface area contributed by atoms with Crippen LogP contribution in [0, 0.1) is 5.92 Å². The molecule has 1 aliphatic rings. The minimum absolute atomic E-state index is 0.0355. The normalized spacial score (nSPS) is 18.8. The molecule has 1 aromatic carbocycles. The van der Waals surface area contributed by atoms with E-state index in [0.717, 1.165) is 0 Å². The van der Waals surface area contributed by atoms with E-state index >= 15 is 0 Å². The number of carbonyl (C=O) groups excluding carboxylic acids is 1. The lowest BCUT2D eigenvalue weighted by atomic mass is 9.88. The quantitative estimate of drug-likeness (QED) is 0.221. The highest BCUT2D eigenvalue weighted by Gasteiger charge is 2.39. The van der Waals surface area contributed by atoms with Crippen LogP contribution in [-0.2, 0) is 19.0 Å². The molecule has 1 aliphatic heterocycles. The maximum Gasteiger partial charge on any atom is 0.317 e. The van der Waals surface area contributed by atoms with E-state index in [1.54, 1.807) is 25.1 Å². The summed E-state index contributed by atoms with van der Waals surface area (Å²) in [4.78, 5) is 24.0. The number of halogens is 1. The van der Waals surface area contributed by atoms with Crippen LogP contribution in [0.25, 0.3) is 10.4 Å². The van der Waals surface area contributed by atoms with Crippen LogP contribution < -0.4 is 0 Å². The zero-order valence-corrected chi connectivity index (χ0v) is 15.8. The molecule has 27 heavy (non-hydrogen) atoms. The highest BCUT2D eigenvalue weighted by atomic mass is 35.5. The van der Waals surface area contributed by atoms with E-state index in [9.17, 15) is 4.79 Å². The third kappa shape index (κ3) is 5.43. The first-order valence-electron chi connectivity index (χ1n) is 8.31. The Morgan fingerprint density at radius 1 is 1.41 bits per heavy atom. The molecule has 0 saturated carbocycles.